The van der Waals surface area contributed by atoms with Crippen LogP contribution in [0.4, 0.5) is 0 Å². The summed E-state index contributed by atoms with van der Waals surface area (Å²) in [5.74, 6) is 0. The summed E-state index contributed by atoms with van der Waals surface area (Å²) in [6.07, 6.45) is 1.83. The van der Waals surface area contributed by atoms with Crippen molar-refractivity contribution in [1.29, 1.82) is 0 Å². The molecule has 3 aromatic rings. The highest BCUT2D eigenvalue weighted by atomic mass is 14.0. The summed E-state index contributed by atoms with van der Waals surface area (Å²) >= 11 is 0. The SMILES string of the molecule is C=Cc1ccccc1.c1ccc(-c2ccccc2)cc1. The van der Waals surface area contributed by atoms with Crippen LogP contribution in [0.2, 0.25) is 0 Å². The van der Waals surface area contributed by atoms with E-state index in [0.717, 1.165) is 0 Å². The summed E-state index contributed by atoms with van der Waals surface area (Å²) in [5, 5.41) is 0. The largest absolute Gasteiger partial charge is 0.0985 e. The maximum atomic E-state index is 3.63. The van der Waals surface area contributed by atoms with Crippen LogP contribution >= 0.6 is 0 Å². The molecule has 0 N–H and O–H groups in total. The van der Waals surface area contributed by atoms with Gasteiger partial charge < -0.3 is 0 Å². The molecule has 0 heteroatoms. The van der Waals surface area contributed by atoms with Gasteiger partial charge in [0.1, 0.15) is 0 Å². The van der Waals surface area contributed by atoms with E-state index in [1.54, 1.807) is 0 Å². The van der Waals surface area contributed by atoms with Crippen LogP contribution in [0.1, 0.15) is 5.56 Å². The lowest BCUT2D eigenvalue weighted by Gasteiger charge is -1.98. The highest BCUT2D eigenvalue weighted by molar-refractivity contribution is 5.62. The Hall–Kier alpha value is -2.60. The van der Waals surface area contributed by atoms with Gasteiger partial charge >= 0.3 is 0 Å². The molecule has 0 atom stereocenters. The van der Waals surface area contributed by atoms with Crippen molar-refractivity contribution < 1.29 is 0 Å². The molecule has 3 aromatic carbocycles. The molecule has 0 aliphatic carbocycles. The van der Waals surface area contributed by atoms with Crippen LogP contribution in [-0.2, 0) is 0 Å². The van der Waals surface area contributed by atoms with Gasteiger partial charge in [-0.1, -0.05) is 104 Å². The summed E-state index contributed by atoms with van der Waals surface area (Å²) in [5.41, 5.74) is 3.73. The Labute approximate surface area is 121 Å². The molecule has 0 heterocycles. The molecule has 0 radical (unpaired) electrons. The maximum Gasteiger partial charge on any atom is -0.0184 e. The van der Waals surface area contributed by atoms with E-state index < -0.39 is 0 Å². The highest BCUT2D eigenvalue weighted by Crippen LogP contribution is 2.17. The van der Waals surface area contributed by atoms with Gasteiger partial charge in [-0.05, 0) is 16.7 Å². The van der Waals surface area contributed by atoms with Gasteiger partial charge in [-0.2, -0.15) is 0 Å². The number of rotatable bonds is 2. The molecule has 0 spiro atoms. The molecule has 0 unspecified atom stereocenters. The Morgan fingerprint density at radius 1 is 0.500 bits per heavy atom. The number of benzene rings is 3. The predicted octanol–water partition coefficient (Wildman–Crippen LogP) is 5.68. The van der Waals surface area contributed by atoms with Crippen molar-refractivity contribution in [3.05, 3.63) is 103 Å². The molecule has 20 heavy (non-hydrogen) atoms. The molecule has 3 rings (SSSR count). The molecule has 0 fully saturated rings. The Morgan fingerprint density at radius 2 is 0.850 bits per heavy atom. The van der Waals surface area contributed by atoms with Crippen LogP contribution in [0.15, 0.2) is 97.6 Å². The third kappa shape index (κ3) is 4.25. The lowest BCUT2D eigenvalue weighted by molar-refractivity contribution is 1.62. The van der Waals surface area contributed by atoms with E-state index in [4.69, 9.17) is 0 Å². The molecule has 98 valence electrons. The first kappa shape index (κ1) is 13.8. The third-order valence-electron chi connectivity index (χ3n) is 2.92. The van der Waals surface area contributed by atoms with Crippen LogP contribution in [0, 0.1) is 0 Å². The minimum Gasteiger partial charge on any atom is -0.0985 e. The first-order chi connectivity index (χ1) is 9.90. The van der Waals surface area contributed by atoms with E-state index in [0.29, 0.717) is 0 Å². The molecule has 0 aliphatic rings. The zero-order chi connectivity index (χ0) is 14.0. The zero-order valence-corrected chi connectivity index (χ0v) is 11.4. The molecule has 0 bridgehead atoms. The molecular weight excluding hydrogens is 240 g/mol. The lowest BCUT2D eigenvalue weighted by Crippen LogP contribution is -1.73. The molecule has 0 aromatic heterocycles. The molecular formula is C20H18. The summed E-state index contributed by atoms with van der Waals surface area (Å²) in [4.78, 5) is 0. The number of hydrogen-bond donors (Lipinski definition) is 0. The van der Waals surface area contributed by atoms with Crippen LogP contribution in [-0.4, -0.2) is 0 Å². The average Bonchev–Trinajstić information content (AvgIpc) is 2.58. The van der Waals surface area contributed by atoms with Gasteiger partial charge in [0.2, 0.25) is 0 Å². The quantitative estimate of drug-likeness (QED) is 0.554. The Balaban J connectivity index is 0.000000160. The van der Waals surface area contributed by atoms with Gasteiger partial charge in [0.25, 0.3) is 0 Å². The third-order valence-corrected chi connectivity index (χ3v) is 2.92. The van der Waals surface area contributed by atoms with Crippen molar-refractivity contribution in [1.82, 2.24) is 0 Å². The van der Waals surface area contributed by atoms with Crippen molar-refractivity contribution >= 4 is 6.08 Å². The van der Waals surface area contributed by atoms with E-state index in [9.17, 15) is 0 Å². The monoisotopic (exact) mass is 258 g/mol. The normalized spacial score (nSPS) is 9.20. The number of hydrogen-bond acceptors (Lipinski definition) is 0. The summed E-state index contributed by atoms with van der Waals surface area (Å²) < 4.78 is 0. The fourth-order valence-electron chi connectivity index (χ4n) is 1.85. The highest BCUT2D eigenvalue weighted by Gasteiger charge is 1.91. The van der Waals surface area contributed by atoms with Crippen LogP contribution < -0.4 is 0 Å². The topological polar surface area (TPSA) is 0 Å². The van der Waals surface area contributed by atoms with E-state index in [1.807, 2.05) is 48.5 Å². The second kappa shape index (κ2) is 7.75. The van der Waals surface area contributed by atoms with Crippen molar-refractivity contribution in [2.75, 3.05) is 0 Å². The van der Waals surface area contributed by atoms with E-state index in [1.165, 1.54) is 16.7 Å². The van der Waals surface area contributed by atoms with Crippen LogP contribution in [0.5, 0.6) is 0 Å². The van der Waals surface area contributed by atoms with Gasteiger partial charge in [-0.25, -0.2) is 0 Å². The first-order valence-electron chi connectivity index (χ1n) is 6.68. The minimum absolute atomic E-state index is 1.17. The Morgan fingerprint density at radius 3 is 1.15 bits per heavy atom. The molecule has 0 aliphatic heterocycles. The second-order valence-electron chi connectivity index (χ2n) is 4.35. The average molecular weight is 258 g/mol. The van der Waals surface area contributed by atoms with Crippen LogP contribution in [0.3, 0.4) is 0 Å². The first-order valence-corrected chi connectivity index (χ1v) is 6.68. The molecule has 0 saturated heterocycles. The van der Waals surface area contributed by atoms with E-state index in [2.05, 4.69) is 55.1 Å². The van der Waals surface area contributed by atoms with Crippen molar-refractivity contribution in [2.24, 2.45) is 0 Å². The van der Waals surface area contributed by atoms with Crippen molar-refractivity contribution in [2.45, 2.75) is 0 Å². The van der Waals surface area contributed by atoms with Gasteiger partial charge in [-0.3, -0.25) is 0 Å². The van der Waals surface area contributed by atoms with E-state index >= 15 is 0 Å². The Bertz CT molecular complexity index is 572. The maximum absolute atomic E-state index is 3.63. The zero-order valence-electron chi connectivity index (χ0n) is 11.4. The summed E-state index contributed by atoms with van der Waals surface area (Å²) in [7, 11) is 0. The van der Waals surface area contributed by atoms with Crippen molar-refractivity contribution in [3.63, 3.8) is 0 Å². The Kier molecular flexibility index (Phi) is 5.36. The van der Waals surface area contributed by atoms with E-state index in [-0.39, 0.29) is 0 Å². The van der Waals surface area contributed by atoms with Gasteiger partial charge in [0, 0.05) is 0 Å². The van der Waals surface area contributed by atoms with Gasteiger partial charge in [-0.15, -0.1) is 0 Å². The molecule has 0 nitrogen and oxygen atoms in total. The smallest absolute Gasteiger partial charge is 0.0184 e. The fourth-order valence-corrected chi connectivity index (χ4v) is 1.85. The second-order valence-corrected chi connectivity index (χ2v) is 4.35. The summed E-state index contributed by atoms with van der Waals surface area (Å²) in [6.45, 7) is 3.63. The minimum atomic E-state index is 1.17. The van der Waals surface area contributed by atoms with Crippen molar-refractivity contribution in [3.8, 4) is 11.1 Å². The van der Waals surface area contributed by atoms with Crippen LogP contribution in [0.25, 0.3) is 17.2 Å². The molecule has 0 saturated carbocycles. The fraction of sp³-hybridized carbons (Fsp3) is 0. The standard InChI is InChI=1S/C12H10.C8H8/c1-3-7-11(8-4-1)12-9-5-2-6-10-12;1-2-8-6-4-3-5-7-8/h1-10H;2-7H,1H2. The predicted molar refractivity (Wildman–Crippen MR) is 88.4 cm³/mol. The molecule has 0 amide bonds. The van der Waals surface area contributed by atoms with Gasteiger partial charge in [0.15, 0.2) is 0 Å². The summed E-state index contributed by atoms with van der Waals surface area (Å²) in [6, 6.07) is 30.8. The van der Waals surface area contributed by atoms with Gasteiger partial charge in [0.05, 0.1) is 0 Å². The lowest BCUT2D eigenvalue weighted by atomic mass is 10.1.